The highest BCUT2D eigenvalue weighted by molar-refractivity contribution is 5.33. The van der Waals surface area contributed by atoms with E-state index in [9.17, 15) is 0 Å². The molecule has 0 saturated heterocycles. The highest BCUT2D eigenvalue weighted by Gasteiger charge is 2.25. The van der Waals surface area contributed by atoms with Crippen molar-refractivity contribution in [2.75, 3.05) is 0 Å². The molecule has 2 unspecified atom stereocenters. The van der Waals surface area contributed by atoms with Crippen LogP contribution in [0.15, 0.2) is 24.3 Å². The van der Waals surface area contributed by atoms with E-state index in [-0.39, 0.29) is 0 Å². The lowest BCUT2D eigenvalue weighted by molar-refractivity contribution is 0.0894. The van der Waals surface area contributed by atoms with Crippen LogP contribution < -0.4 is 4.74 Å². The van der Waals surface area contributed by atoms with Gasteiger partial charge >= 0.3 is 0 Å². The van der Waals surface area contributed by atoms with Crippen molar-refractivity contribution in [3.05, 3.63) is 29.8 Å². The van der Waals surface area contributed by atoms with Crippen molar-refractivity contribution < 1.29 is 4.74 Å². The standard InChI is InChI=1S/C16H24O/c1-3-13-9-5-7-11-15(13)17-16-12-8-6-10-14(16)4-2/h5,7,9,11,14,16H,3-4,6,8,10,12H2,1-2H3. The maximum Gasteiger partial charge on any atom is 0.122 e. The molecule has 1 aromatic carbocycles. The molecule has 2 rings (SSSR count). The van der Waals surface area contributed by atoms with Gasteiger partial charge in [-0.1, -0.05) is 38.5 Å². The number of hydrogen-bond donors (Lipinski definition) is 0. The third-order valence-corrected chi connectivity index (χ3v) is 4.00. The Hall–Kier alpha value is -0.980. The number of benzene rings is 1. The van der Waals surface area contributed by atoms with Crippen LogP contribution in [0.4, 0.5) is 0 Å². The van der Waals surface area contributed by atoms with Crippen molar-refractivity contribution in [3.8, 4) is 5.75 Å². The maximum absolute atomic E-state index is 6.28. The number of rotatable bonds is 4. The quantitative estimate of drug-likeness (QED) is 0.737. The van der Waals surface area contributed by atoms with E-state index >= 15 is 0 Å². The van der Waals surface area contributed by atoms with E-state index < -0.39 is 0 Å². The van der Waals surface area contributed by atoms with Crippen LogP contribution in [0, 0.1) is 5.92 Å². The molecular formula is C16H24O. The SMILES string of the molecule is CCc1ccccc1OC1CCCCC1CC. The summed E-state index contributed by atoms with van der Waals surface area (Å²) in [7, 11) is 0. The summed E-state index contributed by atoms with van der Waals surface area (Å²) in [6.07, 6.45) is 8.04. The van der Waals surface area contributed by atoms with E-state index in [0.717, 1.165) is 18.1 Å². The molecule has 1 aromatic rings. The second-order valence-corrected chi connectivity index (χ2v) is 5.07. The predicted molar refractivity (Wildman–Crippen MR) is 72.5 cm³/mol. The van der Waals surface area contributed by atoms with Gasteiger partial charge in [0.15, 0.2) is 0 Å². The summed E-state index contributed by atoms with van der Waals surface area (Å²) in [5, 5.41) is 0. The van der Waals surface area contributed by atoms with E-state index in [2.05, 4.69) is 38.1 Å². The van der Waals surface area contributed by atoms with Gasteiger partial charge in [0.25, 0.3) is 0 Å². The average Bonchev–Trinajstić information content (AvgIpc) is 2.40. The lowest BCUT2D eigenvalue weighted by atomic mass is 9.84. The zero-order valence-corrected chi connectivity index (χ0v) is 11.1. The minimum Gasteiger partial charge on any atom is -0.490 e. The van der Waals surface area contributed by atoms with Crippen LogP contribution in [0.2, 0.25) is 0 Å². The van der Waals surface area contributed by atoms with Gasteiger partial charge in [0.05, 0.1) is 0 Å². The topological polar surface area (TPSA) is 9.23 Å². The molecule has 0 bridgehead atoms. The molecule has 0 heterocycles. The van der Waals surface area contributed by atoms with E-state index in [1.807, 2.05) is 0 Å². The molecule has 0 aliphatic heterocycles. The lowest BCUT2D eigenvalue weighted by Crippen LogP contribution is -2.30. The van der Waals surface area contributed by atoms with Crippen molar-refractivity contribution in [2.24, 2.45) is 5.92 Å². The van der Waals surface area contributed by atoms with Gasteiger partial charge in [0, 0.05) is 0 Å². The smallest absolute Gasteiger partial charge is 0.122 e. The second-order valence-electron chi connectivity index (χ2n) is 5.07. The Bertz CT molecular complexity index is 345. The summed E-state index contributed by atoms with van der Waals surface area (Å²) in [5.41, 5.74) is 1.34. The molecule has 1 fully saturated rings. The molecule has 1 aliphatic carbocycles. The molecule has 94 valence electrons. The summed E-state index contributed by atoms with van der Waals surface area (Å²) in [6.45, 7) is 4.48. The molecule has 1 aliphatic rings. The average molecular weight is 232 g/mol. The number of hydrogen-bond acceptors (Lipinski definition) is 1. The molecule has 0 N–H and O–H groups in total. The first kappa shape index (κ1) is 12.5. The van der Waals surface area contributed by atoms with Gasteiger partial charge in [0.2, 0.25) is 0 Å². The van der Waals surface area contributed by atoms with Gasteiger partial charge in [-0.2, -0.15) is 0 Å². The highest BCUT2D eigenvalue weighted by Crippen LogP contribution is 2.31. The van der Waals surface area contributed by atoms with Crippen LogP contribution in [0.1, 0.15) is 51.5 Å². The summed E-state index contributed by atoms with van der Waals surface area (Å²) < 4.78 is 6.28. The zero-order chi connectivity index (χ0) is 12.1. The van der Waals surface area contributed by atoms with Gasteiger partial charge < -0.3 is 4.74 Å². The minimum atomic E-state index is 0.446. The van der Waals surface area contributed by atoms with Gasteiger partial charge in [-0.05, 0) is 49.7 Å². The molecule has 0 radical (unpaired) electrons. The van der Waals surface area contributed by atoms with Crippen molar-refractivity contribution in [1.29, 1.82) is 0 Å². The largest absolute Gasteiger partial charge is 0.490 e. The Kier molecular flexibility index (Phi) is 4.47. The number of aryl methyl sites for hydroxylation is 1. The molecule has 2 atom stereocenters. The van der Waals surface area contributed by atoms with Crippen LogP contribution in [0.5, 0.6) is 5.75 Å². The molecule has 1 nitrogen and oxygen atoms in total. The van der Waals surface area contributed by atoms with Crippen molar-refractivity contribution in [2.45, 2.75) is 58.5 Å². The summed E-state index contributed by atoms with van der Waals surface area (Å²) >= 11 is 0. The molecule has 0 spiro atoms. The third-order valence-electron chi connectivity index (χ3n) is 4.00. The molecular weight excluding hydrogens is 208 g/mol. The van der Waals surface area contributed by atoms with Crippen molar-refractivity contribution in [3.63, 3.8) is 0 Å². The fraction of sp³-hybridized carbons (Fsp3) is 0.625. The van der Waals surface area contributed by atoms with Crippen LogP contribution in [-0.4, -0.2) is 6.10 Å². The maximum atomic E-state index is 6.28. The molecule has 0 amide bonds. The van der Waals surface area contributed by atoms with Gasteiger partial charge in [-0.3, -0.25) is 0 Å². The van der Waals surface area contributed by atoms with E-state index in [1.165, 1.54) is 37.7 Å². The molecule has 1 saturated carbocycles. The van der Waals surface area contributed by atoms with Crippen LogP contribution in [0.3, 0.4) is 0 Å². The van der Waals surface area contributed by atoms with Crippen LogP contribution >= 0.6 is 0 Å². The van der Waals surface area contributed by atoms with Gasteiger partial charge in [0.1, 0.15) is 11.9 Å². The molecule has 1 heteroatoms. The lowest BCUT2D eigenvalue weighted by Gasteiger charge is -2.31. The Labute approximate surface area is 105 Å². The predicted octanol–water partition coefficient (Wildman–Crippen LogP) is 4.60. The first-order chi connectivity index (χ1) is 8.35. The Morgan fingerprint density at radius 3 is 2.65 bits per heavy atom. The Balaban J connectivity index is 2.08. The number of ether oxygens (including phenoxy) is 1. The summed E-state index contributed by atoms with van der Waals surface area (Å²) in [4.78, 5) is 0. The minimum absolute atomic E-state index is 0.446. The van der Waals surface area contributed by atoms with Crippen LogP contribution in [0.25, 0.3) is 0 Å². The van der Waals surface area contributed by atoms with Gasteiger partial charge in [-0.15, -0.1) is 0 Å². The third kappa shape index (κ3) is 3.02. The normalized spacial score (nSPS) is 24.6. The van der Waals surface area contributed by atoms with Crippen LogP contribution in [-0.2, 0) is 6.42 Å². The monoisotopic (exact) mass is 232 g/mol. The first-order valence-electron chi connectivity index (χ1n) is 7.09. The highest BCUT2D eigenvalue weighted by atomic mass is 16.5. The van der Waals surface area contributed by atoms with Gasteiger partial charge in [-0.25, -0.2) is 0 Å². The molecule has 17 heavy (non-hydrogen) atoms. The van der Waals surface area contributed by atoms with E-state index in [0.29, 0.717) is 6.10 Å². The summed E-state index contributed by atoms with van der Waals surface area (Å²) in [6, 6.07) is 8.49. The molecule has 0 aromatic heterocycles. The number of para-hydroxylation sites is 1. The summed E-state index contributed by atoms with van der Waals surface area (Å²) in [5.74, 6) is 1.87. The van der Waals surface area contributed by atoms with E-state index in [4.69, 9.17) is 4.74 Å². The fourth-order valence-corrected chi connectivity index (χ4v) is 2.87. The van der Waals surface area contributed by atoms with Crippen molar-refractivity contribution >= 4 is 0 Å². The van der Waals surface area contributed by atoms with Crippen molar-refractivity contribution in [1.82, 2.24) is 0 Å². The van der Waals surface area contributed by atoms with E-state index in [1.54, 1.807) is 0 Å². The Morgan fingerprint density at radius 2 is 1.88 bits per heavy atom. The Morgan fingerprint density at radius 1 is 1.12 bits per heavy atom. The fourth-order valence-electron chi connectivity index (χ4n) is 2.87. The zero-order valence-electron chi connectivity index (χ0n) is 11.1. The first-order valence-corrected chi connectivity index (χ1v) is 7.09. The second kappa shape index (κ2) is 6.09.